The van der Waals surface area contributed by atoms with Gasteiger partial charge in [-0.3, -0.25) is 4.79 Å². The zero-order valence-electron chi connectivity index (χ0n) is 13.7. The van der Waals surface area contributed by atoms with Crippen LogP contribution in [0.2, 0.25) is 0 Å². The lowest BCUT2D eigenvalue weighted by Gasteiger charge is -2.11. The van der Waals surface area contributed by atoms with Gasteiger partial charge in [0.15, 0.2) is 0 Å². The summed E-state index contributed by atoms with van der Waals surface area (Å²) in [5.41, 5.74) is 4.74. The summed E-state index contributed by atoms with van der Waals surface area (Å²) < 4.78 is 1.67. The molecule has 0 unspecified atom stereocenters. The van der Waals surface area contributed by atoms with Crippen LogP contribution in [0.5, 0.6) is 0 Å². The van der Waals surface area contributed by atoms with Gasteiger partial charge < -0.3 is 5.32 Å². The van der Waals surface area contributed by atoms with Crippen molar-refractivity contribution in [2.45, 2.75) is 13.8 Å². The van der Waals surface area contributed by atoms with E-state index in [0.29, 0.717) is 17.1 Å². The third-order valence-electron chi connectivity index (χ3n) is 4.08. The van der Waals surface area contributed by atoms with Gasteiger partial charge in [-0.15, -0.1) is 10.2 Å². The lowest BCUT2D eigenvalue weighted by atomic mass is 10.0. The van der Waals surface area contributed by atoms with Crippen LogP contribution in [-0.4, -0.2) is 36.1 Å². The molecule has 0 aliphatic rings. The molecule has 0 aliphatic carbocycles. The average Bonchev–Trinajstić information content (AvgIpc) is 3.26. The molecule has 3 aromatic heterocycles. The number of pyridine rings is 1. The van der Waals surface area contributed by atoms with Crippen molar-refractivity contribution in [3.63, 3.8) is 0 Å². The highest BCUT2D eigenvalue weighted by atomic mass is 16.1. The highest BCUT2D eigenvalue weighted by Gasteiger charge is 2.16. The molecule has 1 amide bonds. The highest BCUT2D eigenvalue weighted by molar-refractivity contribution is 6.09. The van der Waals surface area contributed by atoms with Crippen molar-refractivity contribution in [3.05, 3.63) is 59.4 Å². The second-order valence-electron chi connectivity index (χ2n) is 5.76. The van der Waals surface area contributed by atoms with Gasteiger partial charge in [-0.05, 0) is 48.4 Å². The van der Waals surface area contributed by atoms with E-state index in [0.717, 1.165) is 22.2 Å². The molecule has 1 aromatic carbocycles. The summed E-state index contributed by atoms with van der Waals surface area (Å²) in [5, 5.41) is 21.2. The van der Waals surface area contributed by atoms with E-state index in [4.69, 9.17) is 0 Å². The number of fused-ring (bicyclic) bond motifs is 1. The van der Waals surface area contributed by atoms with Gasteiger partial charge in [0.1, 0.15) is 0 Å². The number of anilines is 1. The minimum Gasteiger partial charge on any atom is -0.322 e. The number of aryl methyl sites for hydroxylation is 2. The monoisotopic (exact) mass is 333 g/mol. The topological polar surface area (TPSA) is 101 Å². The van der Waals surface area contributed by atoms with E-state index in [1.807, 2.05) is 44.2 Å². The summed E-state index contributed by atoms with van der Waals surface area (Å²) >= 11 is 0. The number of carbonyl (C=O) groups is 1. The van der Waals surface area contributed by atoms with Gasteiger partial charge in [0, 0.05) is 17.4 Å². The number of amides is 1. The van der Waals surface area contributed by atoms with Crippen LogP contribution in [0.25, 0.3) is 16.9 Å². The molecule has 0 aliphatic heterocycles. The maximum atomic E-state index is 12.7. The Morgan fingerprint density at radius 1 is 1.20 bits per heavy atom. The zero-order valence-corrected chi connectivity index (χ0v) is 13.7. The molecular formula is C17H15N7O. The van der Waals surface area contributed by atoms with E-state index in [2.05, 4.69) is 31.0 Å². The number of H-pyrrole nitrogens is 1. The number of aromatic nitrogens is 6. The molecule has 0 saturated heterocycles. The second kappa shape index (κ2) is 5.82. The fraction of sp³-hybridized carbons (Fsp3) is 0.118. The first-order valence-corrected chi connectivity index (χ1v) is 7.72. The van der Waals surface area contributed by atoms with Crippen molar-refractivity contribution in [1.82, 2.24) is 30.2 Å². The van der Waals surface area contributed by atoms with Crippen molar-refractivity contribution in [2.24, 2.45) is 0 Å². The van der Waals surface area contributed by atoms with Gasteiger partial charge in [-0.25, -0.2) is 4.52 Å². The number of carbonyl (C=O) groups excluding carboxylic acids is 1. The van der Waals surface area contributed by atoms with Gasteiger partial charge >= 0.3 is 0 Å². The van der Waals surface area contributed by atoms with Gasteiger partial charge in [-0.2, -0.15) is 10.3 Å². The minimum absolute atomic E-state index is 0.216. The normalized spacial score (nSPS) is 11.0. The summed E-state index contributed by atoms with van der Waals surface area (Å²) in [5.74, 6) is 0.274. The number of hydrogen-bond donors (Lipinski definition) is 2. The molecule has 124 valence electrons. The number of nitrogens with zero attached hydrogens (tertiary/aromatic N) is 5. The number of rotatable bonds is 3. The van der Waals surface area contributed by atoms with Crippen LogP contribution < -0.4 is 5.32 Å². The van der Waals surface area contributed by atoms with Crippen LogP contribution in [0.15, 0.2) is 42.7 Å². The van der Waals surface area contributed by atoms with Crippen molar-refractivity contribution < 1.29 is 4.79 Å². The summed E-state index contributed by atoms with van der Waals surface area (Å²) in [4.78, 5) is 12.7. The molecule has 0 atom stereocenters. The minimum atomic E-state index is -0.216. The fourth-order valence-electron chi connectivity index (χ4n) is 2.80. The molecular weight excluding hydrogens is 318 g/mol. The van der Waals surface area contributed by atoms with E-state index in [-0.39, 0.29) is 5.91 Å². The maximum Gasteiger partial charge on any atom is 0.259 e. The second-order valence-corrected chi connectivity index (χ2v) is 5.76. The van der Waals surface area contributed by atoms with Crippen molar-refractivity contribution in [3.8, 4) is 11.4 Å². The summed E-state index contributed by atoms with van der Waals surface area (Å²) in [6.45, 7) is 3.91. The van der Waals surface area contributed by atoms with E-state index >= 15 is 0 Å². The number of aromatic amines is 1. The Morgan fingerprint density at radius 3 is 2.88 bits per heavy atom. The van der Waals surface area contributed by atoms with Crippen LogP contribution in [0.4, 0.5) is 5.69 Å². The van der Waals surface area contributed by atoms with Crippen LogP contribution in [0.1, 0.15) is 21.5 Å². The Balaban J connectivity index is 1.71. The third kappa shape index (κ3) is 2.63. The van der Waals surface area contributed by atoms with E-state index in [1.165, 1.54) is 0 Å². The third-order valence-corrected chi connectivity index (χ3v) is 4.08. The molecule has 0 saturated carbocycles. The van der Waals surface area contributed by atoms with Gasteiger partial charge in [-0.1, -0.05) is 12.1 Å². The Morgan fingerprint density at radius 2 is 2.08 bits per heavy atom. The van der Waals surface area contributed by atoms with E-state index in [1.54, 1.807) is 16.9 Å². The summed E-state index contributed by atoms with van der Waals surface area (Å²) in [6, 6.07) is 9.44. The first-order chi connectivity index (χ1) is 12.1. The molecule has 8 nitrogen and oxygen atoms in total. The molecule has 4 rings (SSSR count). The zero-order chi connectivity index (χ0) is 17.4. The number of benzene rings is 1. The predicted octanol–water partition coefficient (Wildman–Crippen LogP) is 2.38. The van der Waals surface area contributed by atoms with Gasteiger partial charge in [0.2, 0.25) is 5.82 Å². The van der Waals surface area contributed by atoms with Crippen molar-refractivity contribution in [2.75, 3.05) is 5.32 Å². The first kappa shape index (κ1) is 15.0. The Hall–Kier alpha value is -3.55. The number of tetrazole rings is 1. The standard InChI is InChI=1S/C17H15N7O/c1-10-7-11(2)14(8-12(10)16-20-22-23-21-16)19-17(25)13-9-18-24-6-4-3-5-15(13)24/h3-9H,1-2H3,(H,19,25)(H,20,21,22,23). The molecule has 8 heteroatoms. The number of nitrogens with one attached hydrogen (secondary N) is 2. The molecule has 0 spiro atoms. The van der Waals surface area contributed by atoms with Crippen molar-refractivity contribution in [1.29, 1.82) is 0 Å². The van der Waals surface area contributed by atoms with Crippen LogP contribution in [0.3, 0.4) is 0 Å². The highest BCUT2D eigenvalue weighted by Crippen LogP contribution is 2.27. The Bertz CT molecular complexity index is 1070. The van der Waals surface area contributed by atoms with Crippen LogP contribution in [-0.2, 0) is 0 Å². The molecule has 0 fully saturated rings. The fourth-order valence-corrected chi connectivity index (χ4v) is 2.80. The quantitative estimate of drug-likeness (QED) is 0.599. The lowest BCUT2D eigenvalue weighted by Crippen LogP contribution is -2.13. The van der Waals surface area contributed by atoms with Gasteiger partial charge in [0.05, 0.1) is 17.3 Å². The van der Waals surface area contributed by atoms with Crippen molar-refractivity contribution >= 4 is 17.1 Å². The summed E-state index contributed by atoms with van der Waals surface area (Å²) in [6.07, 6.45) is 3.37. The molecule has 25 heavy (non-hydrogen) atoms. The Kier molecular flexibility index (Phi) is 3.50. The predicted molar refractivity (Wildman–Crippen MR) is 92.2 cm³/mol. The van der Waals surface area contributed by atoms with Crippen LogP contribution >= 0.6 is 0 Å². The molecule has 0 radical (unpaired) electrons. The largest absolute Gasteiger partial charge is 0.322 e. The lowest BCUT2D eigenvalue weighted by molar-refractivity contribution is 0.102. The Labute approximate surface area is 142 Å². The first-order valence-electron chi connectivity index (χ1n) is 7.72. The van der Waals surface area contributed by atoms with E-state index in [9.17, 15) is 4.79 Å². The van der Waals surface area contributed by atoms with Gasteiger partial charge in [0.25, 0.3) is 5.91 Å². The summed E-state index contributed by atoms with van der Waals surface area (Å²) in [7, 11) is 0. The van der Waals surface area contributed by atoms with E-state index < -0.39 is 0 Å². The molecule has 4 aromatic rings. The molecule has 2 N–H and O–H groups in total. The maximum absolute atomic E-state index is 12.7. The molecule has 3 heterocycles. The SMILES string of the molecule is Cc1cc(C)c(-c2nn[nH]n2)cc1NC(=O)c1cnn2ccccc12. The molecule has 0 bridgehead atoms. The smallest absolute Gasteiger partial charge is 0.259 e. The average molecular weight is 333 g/mol. The number of hydrogen-bond acceptors (Lipinski definition) is 5. The van der Waals surface area contributed by atoms with Crippen LogP contribution in [0, 0.1) is 13.8 Å².